The van der Waals surface area contributed by atoms with E-state index in [1.165, 1.54) is 51.5 Å². The molecule has 78 valence electrons. The van der Waals surface area contributed by atoms with E-state index in [0.29, 0.717) is 0 Å². The molecule has 1 rings (SSSR count). The summed E-state index contributed by atoms with van der Waals surface area (Å²) in [5, 5.41) is 3.72. The number of hydrogen-bond donors (Lipinski definition) is 1. The van der Waals surface area contributed by atoms with E-state index in [9.17, 15) is 0 Å². The Kier molecular flexibility index (Phi) is 5.45. The highest BCUT2D eigenvalue weighted by Crippen LogP contribution is 2.23. The van der Waals surface area contributed by atoms with E-state index in [1.54, 1.807) is 0 Å². The van der Waals surface area contributed by atoms with Gasteiger partial charge in [-0.25, -0.2) is 0 Å². The number of hydrogen-bond acceptors (Lipinski definition) is 1. The number of nitrogens with one attached hydrogen (secondary N) is 1. The third-order valence-corrected chi connectivity index (χ3v) is 3.37. The summed E-state index contributed by atoms with van der Waals surface area (Å²) in [5.41, 5.74) is 0. The van der Waals surface area contributed by atoms with Crippen molar-refractivity contribution < 1.29 is 0 Å². The summed E-state index contributed by atoms with van der Waals surface area (Å²) in [6, 6.07) is 0.826. The molecule has 0 aromatic carbocycles. The number of unbranched alkanes of at least 4 members (excludes halogenated alkanes) is 1. The Balaban J connectivity index is 2.34. The molecular formula is C12H25N. The molecule has 13 heavy (non-hydrogen) atoms. The lowest BCUT2D eigenvalue weighted by Gasteiger charge is -2.24. The van der Waals surface area contributed by atoms with Gasteiger partial charge in [0.1, 0.15) is 0 Å². The van der Waals surface area contributed by atoms with Crippen molar-refractivity contribution >= 4 is 0 Å². The lowest BCUT2D eigenvalue weighted by atomic mass is 9.90. The Bertz CT molecular complexity index is 122. The van der Waals surface area contributed by atoms with Crippen molar-refractivity contribution in [3.05, 3.63) is 0 Å². The van der Waals surface area contributed by atoms with Crippen LogP contribution in [0.4, 0.5) is 0 Å². The van der Waals surface area contributed by atoms with Crippen molar-refractivity contribution in [2.24, 2.45) is 5.92 Å². The van der Waals surface area contributed by atoms with Gasteiger partial charge in [-0.1, -0.05) is 39.5 Å². The lowest BCUT2D eigenvalue weighted by molar-refractivity contribution is 0.328. The van der Waals surface area contributed by atoms with Crippen molar-refractivity contribution in [1.29, 1.82) is 0 Å². The van der Waals surface area contributed by atoms with Crippen LogP contribution in [0.5, 0.6) is 0 Å². The van der Waals surface area contributed by atoms with Gasteiger partial charge in [0.05, 0.1) is 0 Å². The van der Waals surface area contributed by atoms with Gasteiger partial charge < -0.3 is 5.32 Å². The summed E-state index contributed by atoms with van der Waals surface area (Å²) in [5.74, 6) is 0.953. The summed E-state index contributed by atoms with van der Waals surface area (Å²) in [7, 11) is 0. The van der Waals surface area contributed by atoms with Gasteiger partial charge in [0.2, 0.25) is 0 Å². The normalized spacial score (nSPS) is 30.0. The van der Waals surface area contributed by atoms with Crippen LogP contribution in [-0.2, 0) is 0 Å². The molecule has 1 saturated heterocycles. The molecule has 1 heterocycles. The zero-order valence-corrected chi connectivity index (χ0v) is 9.31. The molecule has 0 spiro atoms. The largest absolute Gasteiger partial charge is 0.314 e. The summed E-state index contributed by atoms with van der Waals surface area (Å²) in [4.78, 5) is 0. The maximum atomic E-state index is 3.72. The third-order valence-electron chi connectivity index (χ3n) is 3.37. The molecule has 0 bridgehead atoms. The smallest absolute Gasteiger partial charge is 0.00952 e. The predicted octanol–water partition coefficient (Wildman–Crippen LogP) is 3.34. The molecule has 2 unspecified atom stereocenters. The number of rotatable bonds is 4. The Morgan fingerprint density at radius 1 is 1.23 bits per heavy atom. The first-order valence-corrected chi connectivity index (χ1v) is 6.11. The van der Waals surface area contributed by atoms with Gasteiger partial charge in [0, 0.05) is 6.04 Å². The predicted molar refractivity (Wildman–Crippen MR) is 58.9 cm³/mol. The van der Waals surface area contributed by atoms with Crippen LogP contribution in [0.25, 0.3) is 0 Å². The fraction of sp³-hybridized carbons (Fsp3) is 1.00. The molecule has 1 aliphatic rings. The van der Waals surface area contributed by atoms with E-state index in [-0.39, 0.29) is 0 Å². The summed E-state index contributed by atoms with van der Waals surface area (Å²) in [6.07, 6.45) is 9.78. The van der Waals surface area contributed by atoms with Crippen LogP contribution >= 0.6 is 0 Å². The molecule has 0 aromatic rings. The Morgan fingerprint density at radius 2 is 2.08 bits per heavy atom. The molecule has 1 fully saturated rings. The quantitative estimate of drug-likeness (QED) is 0.705. The summed E-state index contributed by atoms with van der Waals surface area (Å²) < 4.78 is 0. The van der Waals surface area contributed by atoms with Crippen molar-refractivity contribution in [1.82, 2.24) is 5.32 Å². The molecular weight excluding hydrogens is 158 g/mol. The average molecular weight is 183 g/mol. The van der Waals surface area contributed by atoms with Crippen LogP contribution in [0.2, 0.25) is 0 Å². The van der Waals surface area contributed by atoms with Gasteiger partial charge in [-0.3, -0.25) is 0 Å². The fourth-order valence-corrected chi connectivity index (χ4v) is 2.44. The zero-order chi connectivity index (χ0) is 9.52. The molecule has 0 aliphatic carbocycles. The molecule has 2 atom stereocenters. The summed E-state index contributed by atoms with van der Waals surface area (Å²) in [6.45, 7) is 5.89. The molecule has 1 aliphatic heterocycles. The molecule has 0 amide bonds. The van der Waals surface area contributed by atoms with Gasteiger partial charge in [0.25, 0.3) is 0 Å². The van der Waals surface area contributed by atoms with E-state index in [4.69, 9.17) is 0 Å². The van der Waals surface area contributed by atoms with Gasteiger partial charge >= 0.3 is 0 Å². The second-order valence-corrected chi connectivity index (χ2v) is 4.37. The van der Waals surface area contributed by atoms with Gasteiger partial charge in [-0.05, 0) is 31.7 Å². The first-order chi connectivity index (χ1) is 6.38. The first kappa shape index (κ1) is 11.0. The summed E-state index contributed by atoms with van der Waals surface area (Å²) >= 11 is 0. The van der Waals surface area contributed by atoms with Crippen molar-refractivity contribution in [2.75, 3.05) is 6.54 Å². The second-order valence-electron chi connectivity index (χ2n) is 4.37. The minimum atomic E-state index is 0.826. The highest BCUT2D eigenvalue weighted by Gasteiger charge is 2.20. The van der Waals surface area contributed by atoms with Gasteiger partial charge in [-0.15, -0.1) is 0 Å². The highest BCUT2D eigenvalue weighted by atomic mass is 14.9. The van der Waals surface area contributed by atoms with E-state index in [2.05, 4.69) is 19.2 Å². The van der Waals surface area contributed by atoms with Crippen LogP contribution < -0.4 is 5.32 Å². The maximum Gasteiger partial charge on any atom is 0.00952 e. The Hall–Kier alpha value is -0.0400. The van der Waals surface area contributed by atoms with E-state index < -0.39 is 0 Å². The first-order valence-electron chi connectivity index (χ1n) is 6.11. The van der Waals surface area contributed by atoms with Crippen molar-refractivity contribution in [2.45, 2.75) is 64.8 Å². The highest BCUT2D eigenvalue weighted by molar-refractivity contribution is 4.78. The SMILES string of the molecule is CCCCC1NCCCCC1CC. The zero-order valence-electron chi connectivity index (χ0n) is 9.31. The van der Waals surface area contributed by atoms with Crippen LogP contribution in [-0.4, -0.2) is 12.6 Å². The van der Waals surface area contributed by atoms with Crippen molar-refractivity contribution in [3.63, 3.8) is 0 Å². The lowest BCUT2D eigenvalue weighted by Crippen LogP contribution is -2.34. The standard InChI is InChI=1S/C12H25N/c1-3-5-9-12-11(4-2)8-6-7-10-13-12/h11-13H,3-10H2,1-2H3. The Morgan fingerprint density at radius 3 is 2.77 bits per heavy atom. The second kappa shape index (κ2) is 6.42. The van der Waals surface area contributed by atoms with Crippen LogP contribution in [0.15, 0.2) is 0 Å². The molecule has 0 saturated carbocycles. The molecule has 1 N–H and O–H groups in total. The van der Waals surface area contributed by atoms with E-state index in [0.717, 1.165) is 12.0 Å². The third kappa shape index (κ3) is 3.68. The molecule has 1 nitrogen and oxygen atoms in total. The minimum absolute atomic E-state index is 0.826. The Labute approximate surface area is 83.3 Å². The van der Waals surface area contributed by atoms with Crippen LogP contribution in [0.1, 0.15) is 58.8 Å². The van der Waals surface area contributed by atoms with Gasteiger partial charge in [-0.2, -0.15) is 0 Å². The van der Waals surface area contributed by atoms with E-state index >= 15 is 0 Å². The fourth-order valence-electron chi connectivity index (χ4n) is 2.44. The maximum absolute atomic E-state index is 3.72. The topological polar surface area (TPSA) is 12.0 Å². The van der Waals surface area contributed by atoms with E-state index in [1.807, 2.05) is 0 Å². The van der Waals surface area contributed by atoms with Gasteiger partial charge in [0.15, 0.2) is 0 Å². The molecule has 0 aromatic heterocycles. The van der Waals surface area contributed by atoms with Crippen LogP contribution in [0, 0.1) is 5.92 Å². The average Bonchev–Trinajstić information content (AvgIpc) is 2.39. The molecule has 1 heteroatoms. The molecule has 0 radical (unpaired) electrons. The van der Waals surface area contributed by atoms with Crippen molar-refractivity contribution in [3.8, 4) is 0 Å². The van der Waals surface area contributed by atoms with Crippen LogP contribution in [0.3, 0.4) is 0 Å². The minimum Gasteiger partial charge on any atom is -0.314 e. The monoisotopic (exact) mass is 183 g/mol.